The lowest BCUT2D eigenvalue weighted by Crippen LogP contribution is -1.81. The van der Waals surface area contributed by atoms with Crippen molar-refractivity contribution in [2.45, 2.75) is 0 Å². The quantitative estimate of drug-likeness (QED) is 0.681. The molecule has 2 aromatic rings. The van der Waals surface area contributed by atoms with E-state index in [1.807, 2.05) is 82.3 Å². The topological polar surface area (TPSA) is 9.23 Å². The lowest BCUT2D eigenvalue weighted by atomic mass is 10.3. The van der Waals surface area contributed by atoms with Crippen molar-refractivity contribution < 1.29 is 4.74 Å². The van der Waals surface area contributed by atoms with Gasteiger partial charge in [-0.3, -0.25) is 0 Å². The largest absolute Gasteiger partial charge is 0.457 e. The molecule has 2 aromatic carbocycles. The number of hydrogen-bond acceptors (Lipinski definition) is 3. The molecule has 0 atom stereocenters. The van der Waals surface area contributed by atoms with E-state index >= 15 is 0 Å². The third-order valence-corrected chi connectivity index (χ3v) is 4.02. The van der Waals surface area contributed by atoms with Crippen LogP contribution in [0.5, 0.6) is 11.5 Å². The van der Waals surface area contributed by atoms with Crippen LogP contribution < -0.4 is 4.74 Å². The highest BCUT2D eigenvalue weighted by molar-refractivity contribution is 8.78. The summed E-state index contributed by atoms with van der Waals surface area (Å²) in [5, 5.41) is 2.12. The molecule has 1 nitrogen and oxygen atoms in total. The van der Waals surface area contributed by atoms with Gasteiger partial charge in [-0.25, -0.2) is 0 Å². The van der Waals surface area contributed by atoms with Gasteiger partial charge in [0.05, 0.1) is 0 Å². The van der Waals surface area contributed by atoms with Gasteiger partial charge in [0.1, 0.15) is 11.5 Å². The second-order valence-corrected chi connectivity index (χ2v) is 5.80. The number of para-hydroxylation sites is 2. The molecule has 0 amide bonds. The highest BCUT2D eigenvalue weighted by Crippen LogP contribution is 2.27. The van der Waals surface area contributed by atoms with Gasteiger partial charge in [0.2, 0.25) is 0 Å². The van der Waals surface area contributed by atoms with Crippen molar-refractivity contribution in [1.82, 2.24) is 0 Å². The Morgan fingerprint density at radius 1 is 0.778 bits per heavy atom. The molecule has 0 unspecified atom stereocenters. The van der Waals surface area contributed by atoms with Crippen LogP contribution >= 0.6 is 21.6 Å². The molecule has 0 aliphatic carbocycles. The monoisotopic (exact) mass is 274 g/mol. The Bertz CT molecular complexity index is 425. The first kappa shape index (κ1) is 13.1. The van der Waals surface area contributed by atoms with E-state index in [9.17, 15) is 0 Å². The van der Waals surface area contributed by atoms with Crippen LogP contribution in [-0.4, -0.2) is 5.75 Å². The van der Waals surface area contributed by atoms with Gasteiger partial charge < -0.3 is 4.74 Å². The first-order valence-corrected chi connectivity index (χ1v) is 8.04. The molecule has 0 aromatic heterocycles. The van der Waals surface area contributed by atoms with Crippen molar-refractivity contribution in [3.63, 3.8) is 0 Å². The highest BCUT2D eigenvalue weighted by Gasteiger charge is 1.92. The first-order chi connectivity index (χ1) is 8.95. The molecule has 1 aliphatic rings. The van der Waals surface area contributed by atoms with Crippen LogP contribution in [0.1, 0.15) is 0 Å². The predicted octanol–water partition coefficient (Wildman–Crippen LogP) is 5.37. The molecule has 0 bridgehead atoms. The van der Waals surface area contributed by atoms with E-state index in [1.54, 1.807) is 0 Å². The normalized spacial score (nSPS) is 12.7. The average molecular weight is 274 g/mol. The Kier molecular flexibility index (Phi) is 5.76. The zero-order valence-electron chi connectivity index (χ0n) is 9.86. The molecule has 0 spiro atoms. The van der Waals surface area contributed by atoms with Crippen LogP contribution in [0.3, 0.4) is 0 Å². The van der Waals surface area contributed by atoms with Crippen LogP contribution in [-0.2, 0) is 0 Å². The average Bonchev–Trinajstić information content (AvgIpc) is 3.00. The maximum atomic E-state index is 5.58. The summed E-state index contributed by atoms with van der Waals surface area (Å²) < 4.78 is 5.58. The van der Waals surface area contributed by atoms with E-state index in [0.717, 1.165) is 11.5 Å². The van der Waals surface area contributed by atoms with E-state index in [2.05, 4.69) is 11.5 Å². The standard InChI is InChI=1S/C12H10O.C3H4S2/c1-3-7-11(8-4-1)13-12-9-5-2-6-10-12;1-2-4-5-3-1/h1-10H;1-2H,3H2. The lowest BCUT2D eigenvalue weighted by Gasteiger charge is -2.03. The van der Waals surface area contributed by atoms with Crippen LogP contribution in [0, 0.1) is 0 Å². The summed E-state index contributed by atoms with van der Waals surface area (Å²) in [6.45, 7) is 0. The Hall–Kier alpha value is -1.32. The van der Waals surface area contributed by atoms with Gasteiger partial charge in [-0.05, 0) is 29.7 Å². The van der Waals surface area contributed by atoms with E-state index in [-0.39, 0.29) is 0 Å². The maximum absolute atomic E-state index is 5.58. The van der Waals surface area contributed by atoms with Crippen LogP contribution in [0.25, 0.3) is 0 Å². The van der Waals surface area contributed by atoms with Gasteiger partial charge in [-0.15, -0.1) is 0 Å². The minimum Gasteiger partial charge on any atom is -0.457 e. The summed E-state index contributed by atoms with van der Waals surface area (Å²) in [5.41, 5.74) is 0. The van der Waals surface area contributed by atoms with Crippen molar-refractivity contribution in [3.05, 3.63) is 72.1 Å². The van der Waals surface area contributed by atoms with Crippen LogP contribution in [0.2, 0.25) is 0 Å². The van der Waals surface area contributed by atoms with Crippen LogP contribution in [0.4, 0.5) is 0 Å². The van der Waals surface area contributed by atoms with Gasteiger partial charge in [-0.1, -0.05) is 64.1 Å². The maximum Gasteiger partial charge on any atom is 0.127 e. The summed E-state index contributed by atoms with van der Waals surface area (Å²) in [5.74, 6) is 2.94. The Morgan fingerprint density at radius 3 is 1.67 bits per heavy atom. The molecule has 1 aliphatic heterocycles. The van der Waals surface area contributed by atoms with Crippen molar-refractivity contribution >= 4 is 21.6 Å². The SMILES string of the molecule is C1=CSSC1.c1ccc(Oc2ccccc2)cc1. The molecule has 1 heterocycles. The summed E-state index contributed by atoms with van der Waals surface area (Å²) in [7, 11) is 3.69. The smallest absolute Gasteiger partial charge is 0.127 e. The summed E-state index contributed by atoms with van der Waals surface area (Å²) >= 11 is 0. The fraction of sp³-hybridized carbons (Fsp3) is 0.0667. The number of hydrogen-bond donors (Lipinski definition) is 0. The summed E-state index contributed by atoms with van der Waals surface area (Å²) in [6.07, 6.45) is 2.16. The minimum absolute atomic E-state index is 0.869. The molecular formula is C15H14OS2. The molecule has 3 heteroatoms. The molecule has 0 radical (unpaired) electrons. The third kappa shape index (κ3) is 4.90. The number of benzene rings is 2. The van der Waals surface area contributed by atoms with Crippen LogP contribution in [0.15, 0.2) is 72.1 Å². The lowest BCUT2D eigenvalue weighted by molar-refractivity contribution is 0.482. The van der Waals surface area contributed by atoms with E-state index in [0.29, 0.717) is 0 Å². The molecule has 18 heavy (non-hydrogen) atoms. The molecule has 0 fully saturated rings. The first-order valence-electron chi connectivity index (χ1n) is 5.66. The molecule has 3 rings (SSSR count). The van der Waals surface area contributed by atoms with Gasteiger partial charge in [0.25, 0.3) is 0 Å². The Morgan fingerprint density at radius 2 is 1.33 bits per heavy atom. The van der Waals surface area contributed by atoms with Crippen molar-refractivity contribution in [2.75, 3.05) is 5.75 Å². The van der Waals surface area contributed by atoms with Crippen molar-refractivity contribution in [3.8, 4) is 11.5 Å². The molecular weight excluding hydrogens is 260 g/mol. The molecule has 0 saturated carbocycles. The number of rotatable bonds is 2. The second-order valence-electron chi connectivity index (χ2n) is 3.48. The molecule has 0 N–H and O–H groups in total. The van der Waals surface area contributed by atoms with E-state index in [1.165, 1.54) is 5.75 Å². The second kappa shape index (κ2) is 7.90. The minimum atomic E-state index is 0.869. The Labute approximate surface area is 116 Å². The third-order valence-electron chi connectivity index (χ3n) is 2.11. The fourth-order valence-electron chi connectivity index (χ4n) is 1.31. The van der Waals surface area contributed by atoms with E-state index in [4.69, 9.17) is 4.74 Å². The zero-order chi connectivity index (χ0) is 12.5. The van der Waals surface area contributed by atoms with Crippen molar-refractivity contribution in [2.24, 2.45) is 0 Å². The summed E-state index contributed by atoms with van der Waals surface area (Å²) in [6, 6.07) is 19.5. The zero-order valence-corrected chi connectivity index (χ0v) is 11.5. The van der Waals surface area contributed by atoms with E-state index < -0.39 is 0 Å². The molecule has 0 saturated heterocycles. The van der Waals surface area contributed by atoms with Crippen molar-refractivity contribution in [1.29, 1.82) is 0 Å². The van der Waals surface area contributed by atoms with Gasteiger partial charge in [-0.2, -0.15) is 0 Å². The summed E-state index contributed by atoms with van der Waals surface area (Å²) in [4.78, 5) is 0. The van der Waals surface area contributed by atoms with Gasteiger partial charge in [0, 0.05) is 5.75 Å². The van der Waals surface area contributed by atoms with Gasteiger partial charge in [0.15, 0.2) is 0 Å². The highest BCUT2D eigenvalue weighted by atomic mass is 33.1. The molecule has 92 valence electrons. The fourth-order valence-corrected chi connectivity index (χ4v) is 2.88. The number of ether oxygens (including phenoxy) is 1. The van der Waals surface area contributed by atoms with Gasteiger partial charge >= 0.3 is 0 Å². The Balaban J connectivity index is 0.000000202. The predicted molar refractivity (Wildman–Crippen MR) is 82.1 cm³/mol.